The maximum Gasteiger partial charge on any atom is 0.227 e. The number of hydrogen-bond donors (Lipinski definition) is 1. The van der Waals surface area contributed by atoms with Crippen LogP contribution in [0.4, 0.5) is 11.8 Å². The molecular weight excluding hydrogens is 312 g/mol. The van der Waals surface area contributed by atoms with Crippen LogP contribution >= 0.6 is 0 Å². The molecule has 1 aromatic heterocycles. The minimum absolute atomic E-state index is 0.712. The first-order chi connectivity index (χ1) is 12.1. The second-order valence-corrected chi connectivity index (χ2v) is 6.91. The van der Waals surface area contributed by atoms with Gasteiger partial charge >= 0.3 is 0 Å². The maximum absolute atomic E-state index is 5.20. The van der Waals surface area contributed by atoms with Crippen molar-refractivity contribution in [2.24, 2.45) is 5.92 Å². The first-order valence-corrected chi connectivity index (χ1v) is 9.11. The first-order valence-electron chi connectivity index (χ1n) is 9.11. The van der Waals surface area contributed by atoms with Gasteiger partial charge in [0.15, 0.2) is 0 Å². The van der Waals surface area contributed by atoms with Crippen LogP contribution in [0.2, 0.25) is 0 Å². The fourth-order valence-corrected chi connectivity index (χ4v) is 3.28. The molecule has 2 heterocycles. The summed E-state index contributed by atoms with van der Waals surface area (Å²) in [4.78, 5) is 11.7. The standard InChI is InChI=1S/C20H28N4O/c1-15-5-4-12-24(14-15)20-22-16(2)13-19(23-20)21-11-10-17-6-8-18(25-3)9-7-17/h6-9,13,15H,4-5,10-12,14H2,1-3H3,(H,21,22,23). The predicted molar refractivity (Wildman–Crippen MR) is 103 cm³/mol. The minimum Gasteiger partial charge on any atom is -0.497 e. The highest BCUT2D eigenvalue weighted by Gasteiger charge is 2.19. The predicted octanol–water partition coefficient (Wildman–Crippen LogP) is 3.68. The van der Waals surface area contributed by atoms with E-state index in [1.54, 1.807) is 7.11 Å². The first kappa shape index (κ1) is 17.5. The number of piperidine rings is 1. The van der Waals surface area contributed by atoms with Crippen molar-refractivity contribution in [3.8, 4) is 5.75 Å². The van der Waals surface area contributed by atoms with Crippen molar-refractivity contribution in [3.05, 3.63) is 41.6 Å². The third-order valence-corrected chi connectivity index (χ3v) is 4.66. The molecule has 1 aromatic carbocycles. The molecule has 5 heteroatoms. The highest BCUT2D eigenvalue weighted by atomic mass is 16.5. The normalized spacial score (nSPS) is 17.4. The number of aromatic nitrogens is 2. The average molecular weight is 340 g/mol. The summed E-state index contributed by atoms with van der Waals surface area (Å²) >= 11 is 0. The SMILES string of the molecule is COc1ccc(CCNc2cc(C)nc(N3CCCC(C)C3)n2)cc1. The highest BCUT2D eigenvalue weighted by Crippen LogP contribution is 2.21. The van der Waals surface area contributed by atoms with E-state index in [1.165, 1.54) is 18.4 Å². The topological polar surface area (TPSA) is 50.3 Å². The number of benzene rings is 1. The lowest BCUT2D eigenvalue weighted by molar-refractivity contribution is 0.414. The zero-order valence-corrected chi connectivity index (χ0v) is 15.5. The maximum atomic E-state index is 5.20. The van der Waals surface area contributed by atoms with Crippen molar-refractivity contribution >= 4 is 11.8 Å². The molecule has 5 nitrogen and oxygen atoms in total. The highest BCUT2D eigenvalue weighted by molar-refractivity contribution is 5.44. The molecule has 1 aliphatic rings. The summed E-state index contributed by atoms with van der Waals surface area (Å²) in [6.07, 6.45) is 3.47. The summed E-state index contributed by atoms with van der Waals surface area (Å²) in [6.45, 7) is 7.29. The van der Waals surface area contributed by atoms with Gasteiger partial charge in [-0.15, -0.1) is 0 Å². The van der Waals surface area contributed by atoms with Crippen LogP contribution in [0.25, 0.3) is 0 Å². The van der Waals surface area contributed by atoms with Crippen LogP contribution in [0.5, 0.6) is 5.75 Å². The van der Waals surface area contributed by atoms with Gasteiger partial charge in [-0.3, -0.25) is 0 Å². The molecule has 0 saturated carbocycles. The summed E-state index contributed by atoms with van der Waals surface area (Å²) < 4.78 is 5.20. The van der Waals surface area contributed by atoms with Crippen molar-refractivity contribution < 1.29 is 4.74 Å². The van der Waals surface area contributed by atoms with Gasteiger partial charge < -0.3 is 15.0 Å². The molecular formula is C20H28N4O. The molecule has 1 fully saturated rings. The molecule has 25 heavy (non-hydrogen) atoms. The Morgan fingerprint density at radius 3 is 2.76 bits per heavy atom. The molecule has 134 valence electrons. The van der Waals surface area contributed by atoms with E-state index in [-0.39, 0.29) is 0 Å². The molecule has 1 saturated heterocycles. The minimum atomic E-state index is 0.712. The van der Waals surface area contributed by atoms with Crippen molar-refractivity contribution in [1.82, 2.24) is 9.97 Å². The molecule has 1 atom stereocenters. The van der Waals surface area contributed by atoms with Crippen LogP contribution in [0.15, 0.2) is 30.3 Å². The number of ether oxygens (including phenoxy) is 1. The summed E-state index contributed by atoms with van der Waals surface area (Å²) in [5.41, 5.74) is 2.29. The van der Waals surface area contributed by atoms with Crippen molar-refractivity contribution in [2.45, 2.75) is 33.1 Å². The van der Waals surface area contributed by atoms with Gasteiger partial charge in [0, 0.05) is 31.4 Å². The molecule has 0 amide bonds. The summed E-state index contributed by atoms with van der Waals surface area (Å²) in [6, 6.07) is 10.2. The lowest BCUT2D eigenvalue weighted by atomic mass is 10.0. The number of rotatable bonds is 6. The van der Waals surface area contributed by atoms with Gasteiger partial charge in [0.2, 0.25) is 5.95 Å². The number of anilines is 2. The number of aryl methyl sites for hydroxylation is 1. The van der Waals surface area contributed by atoms with Crippen LogP contribution in [0.1, 0.15) is 31.0 Å². The molecule has 1 N–H and O–H groups in total. The zero-order chi connectivity index (χ0) is 17.6. The van der Waals surface area contributed by atoms with Crippen LogP contribution in [-0.2, 0) is 6.42 Å². The van der Waals surface area contributed by atoms with Gasteiger partial charge in [-0.05, 0) is 49.8 Å². The van der Waals surface area contributed by atoms with E-state index in [0.717, 1.165) is 49.3 Å². The van der Waals surface area contributed by atoms with E-state index < -0.39 is 0 Å². The number of hydrogen-bond acceptors (Lipinski definition) is 5. The third-order valence-electron chi connectivity index (χ3n) is 4.66. The van der Waals surface area contributed by atoms with Crippen LogP contribution in [0.3, 0.4) is 0 Å². The Balaban J connectivity index is 1.60. The van der Waals surface area contributed by atoms with E-state index in [2.05, 4.69) is 34.3 Å². The molecule has 0 spiro atoms. The summed E-state index contributed by atoms with van der Waals surface area (Å²) in [7, 11) is 1.69. The van der Waals surface area contributed by atoms with E-state index in [1.807, 2.05) is 25.1 Å². The van der Waals surface area contributed by atoms with E-state index in [0.29, 0.717) is 5.92 Å². The summed E-state index contributed by atoms with van der Waals surface area (Å²) in [5.74, 6) is 3.38. The molecule has 1 aliphatic heterocycles. The van der Waals surface area contributed by atoms with Crippen LogP contribution < -0.4 is 15.0 Å². The monoisotopic (exact) mass is 340 g/mol. The lowest BCUT2D eigenvalue weighted by Crippen LogP contribution is -2.35. The Kier molecular flexibility index (Phi) is 5.74. The Morgan fingerprint density at radius 2 is 2.04 bits per heavy atom. The summed E-state index contributed by atoms with van der Waals surface area (Å²) in [5, 5.41) is 3.44. The Hall–Kier alpha value is -2.30. The second-order valence-electron chi connectivity index (χ2n) is 6.91. The van der Waals surface area contributed by atoms with Gasteiger partial charge in [-0.25, -0.2) is 4.98 Å². The Bertz CT molecular complexity index is 687. The number of nitrogens with one attached hydrogen (secondary N) is 1. The van der Waals surface area contributed by atoms with Gasteiger partial charge in [-0.2, -0.15) is 4.98 Å². The molecule has 3 rings (SSSR count). The van der Waals surface area contributed by atoms with Crippen molar-refractivity contribution in [1.29, 1.82) is 0 Å². The van der Waals surface area contributed by atoms with Gasteiger partial charge in [0.05, 0.1) is 7.11 Å². The zero-order valence-electron chi connectivity index (χ0n) is 15.5. The van der Waals surface area contributed by atoms with Crippen molar-refractivity contribution in [2.75, 3.05) is 37.0 Å². The van der Waals surface area contributed by atoms with Gasteiger partial charge in [0.25, 0.3) is 0 Å². The lowest BCUT2D eigenvalue weighted by Gasteiger charge is -2.31. The molecule has 0 bridgehead atoms. The van der Waals surface area contributed by atoms with Crippen LogP contribution in [0, 0.1) is 12.8 Å². The fraction of sp³-hybridized carbons (Fsp3) is 0.500. The Labute approximate surface area is 150 Å². The average Bonchev–Trinajstić information content (AvgIpc) is 2.62. The fourth-order valence-electron chi connectivity index (χ4n) is 3.28. The van der Waals surface area contributed by atoms with Gasteiger partial charge in [0.1, 0.15) is 11.6 Å². The Morgan fingerprint density at radius 1 is 1.24 bits per heavy atom. The van der Waals surface area contributed by atoms with E-state index in [9.17, 15) is 0 Å². The smallest absolute Gasteiger partial charge is 0.227 e. The van der Waals surface area contributed by atoms with Crippen LogP contribution in [-0.4, -0.2) is 36.7 Å². The van der Waals surface area contributed by atoms with Gasteiger partial charge in [-0.1, -0.05) is 19.1 Å². The van der Waals surface area contributed by atoms with Crippen molar-refractivity contribution in [3.63, 3.8) is 0 Å². The van der Waals surface area contributed by atoms with E-state index in [4.69, 9.17) is 9.72 Å². The second kappa shape index (κ2) is 8.19. The quantitative estimate of drug-likeness (QED) is 0.869. The number of nitrogens with zero attached hydrogens (tertiary/aromatic N) is 3. The molecule has 0 radical (unpaired) electrons. The number of methoxy groups -OCH3 is 1. The molecule has 0 aliphatic carbocycles. The van der Waals surface area contributed by atoms with E-state index >= 15 is 0 Å². The molecule has 1 unspecified atom stereocenters. The molecule has 2 aromatic rings. The third kappa shape index (κ3) is 4.84. The largest absolute Gasteiger partial charge is 0.497 e.